The maximum absolute atomic E-state index is 11.3. The highest BCUT2D eigenvalue weighted by Gasteiger charge is 2.34. The molecule has 13 heavy (non-hydrogen) atoms. The van der Waals surface area contributed by atoms with Gasteiger partial charge in [0.05, 0.1) is 12.1 Å². The van der Waals surface area contributed by atoms with Crippen molar-refractivity contribution in [2.75, 3.05) is 13.1 Å². The predicted octanol–water partition coefficient (Wildman–Crippen LogP) is -1.04. The molecule has 2 aliphatic rings. The molecule has 1 fully saturated rings. The van der Waals surface area contributed by atoms with Crippen LogP contribution in [0, 0.1) is 0 Å². The molecule has 5 nitrogen and oxygen atoms in total. The Morgan fingerprint density at radius 3 is 2.85 bits per heavy atom. The SMILES string of the molecule is CC1=C2C(=O)NC(=O)C2=NCCN1. The first-order valence-corrected chi connectivity index (χ1v) is 4.05. The molecule has 2 amide bonds. The molecule has 0 saturated carbocycles. The summed E-state index contributed by atoms with van der Waals surface area (Å²) < 4.78 is 0. The lowest BCUT2D eigenvalue weighted by Gasteiger charge is -2.02. The second-order valence-corrected chi connectivity index (χ2v) is 2.94. The summed E-state index contributed by atoms with van der Waals surface area (Å²) in [7, 11) is 0. The van der Waals surface area contributed by atoms with E-state index in [9.17, 15) is 9.59 Å². The van der Waals surface area contributed by atoms with E-state index >= 15 is 0 Å². The quantitative estimate of drug-likeness (QED) is 0.467. The molecule has 0 aromatic carbocycles. The average Bonchev–Trinajstić information content (AvgIpc) is 2.28. The van der Waals surface area contributed by atoms with E-state index in [2.05, 4.69) is 15.6 Å². The number of hydrogen-bond donors (Lipinski definition) is 2. The van der Waals surface area contributed by atoms with Crippen LogP contribution in [0.3, 0.4) is 0 Å². The van der Waals surface area contributed by atoms with Gasteiger partial charge in [-0.3, -0.25) is 19.9 Å². The molecule has 1 saturated heterocycles. The van der Waals surface area contributed by atoms with E-state index in [1.165, 1.54) is 0 Å². The Bertz CT molecular complexity index is 354. The molecular formula is C8H9N3O2. The summed E-state index contributed by atoms with van der Waals surface area (Å²) in [5.41, 5.74) is 1.38. The summed E-state index contributed by atoms with van der Waals surface area (Å²) in [5, 5.41) is 5.23. The van der Waals surface area contributed by atoms with Crippen LogP contribution < -0.4 is 10.6 Å². The van der Waals surface area contributed by atoms with Gasteiger partial charge in [-0.05, 0) is 6.92 Å². The van der Waals surface area contributed by atoms with Gasteiger partial charge in [-0.25, -0.2) is 0 Å². The van der Waals surface area contributed by atoms with Crippen molar-refractivity contribution in [1.29, 1.82) is 0 Å². The fourth-order valence-corrected chi connectivity index (χ4v) is 1.44. The number of imide groups is 1. The van der Waals surface area contributed by atoms with Crippen molar-refractivity contribution in [2.45, 2.75) is 6.92 Å². The summed E-state index contributed by atoms with van der Waals surface area (Å²) in [4.78, 5) is 26.5. The minimum Gasteiger partial charge on any atom is -0.386 e. The molecule has 0 aliphatic carbocycles. The van der Waals surface area contributed by atoms with E-state index < -0.39 is 0 Å². The lowest BCUT2D eigenvalue weighted by Crippen LogP contribution is -2.23. The number of amides is 2. The van der Waals surface area contributed by atoms with Gasteiger partial charge in [-0.1, -0.05) is 0 Å². The van der Waals surface area contributed by atoms with Gasteiger partial charge in [-0.2, -0.15) is 0 Å². The number of rotatable bonds is 0. The molecule has 2 aliphatic heterocycles. The van der Waals surface area contributed by atoms with Gasteiger partial charge in [0.2, 0.25) is 0 Å². The van der Waals surface area contributed by atoms with Crippen LogP contribution in [-0.4, -0.2) is 30.6 Å². The first-order valence-electron chi connectivity index (χ1n) is 4.05. The van der Waals surface area contributed by atoms with Crippen LogP contribution in [0.5, 0.6) is 0 Å². The summed E-state index contributed by atoms with van der Waals surface area (Å²) in [6.45, 7) is 2.96. The van der Waals surface area contributed by atoms with Gasteiger partial charge < -0.3 is 5.32 Å². The van der Waals surface area contributed by atoms with Gasteiger partial charge in [0.1, 0.15) is 5.71 Å². The smallest absolute Gasteiger partial charge is 0.277 e. The molecule has 2 rings (SSSR count). The van der Waals surface area contributed by atoms with Gasteiger partial charge in [0.15, 0.2) is 0 Å². The summed E-state index contributed by atoms with van der Waals surface area (Å²) >= 11 is 0. The first kappa shape index (κ1) is 7.97. The van der Waals surface area contributed by atoms with Crippen LogP contribution in [0.1, 0.15) is 6.92 Å². The van der Waals surface area contributed by atoms with Crippen molar-refractivity contribution in [1.82, 2.24) is 10.6 Å². The minimum absolute atomic E-state index is 0.271. The number of carbonyl (C=O) groups excluding carboxylic acids is 2. The van der Waals surface area contributed by atoms with Crippen molar-refractivity contribution in [2.24, 2.45) is 4.99 Å². The molecule has 0 aromatic heterocycles. The topological polar surface area (TPSA) is 70.6 Å². The minimum atomic E-state index is -0.386. The second kappa shape index (κ2) is 2.69. The lowest BCUT2D eigenvalue weighted by molar-refractivity contribution is -0.122. The number of nitrogens with one attached hydrogen (secondary N) is 2. The largest absolute Gasteiger partial charge is 0.386 e. The molecule has 0 atom stereocenters. The fourth-order valence-electron chi connectivity index (χ4n) is 1.44. The van der Waals surface area contributed by atoms with Crippen molar-refractivity contribution >= 4 is 17.5 Å². The summed E-state index contributed by atoms with van der Waals surface area (Å²) in [6, 6.07) is 0. The zero-order valence-electron chi connectivity index (χ0n) is 7.18. The molecule has 0 bridgehead atoms. The molecule has 68 valence electrons. The van der Waals surface area contributed by atoms with Crippen LogP contribution in [0.15, 0.2) is 16.3 Å². The van der Waals surface area contributed by atoms with E-state index in [1.54, 1.807) is 6.92 Å². The number of carbonyl (C=O) groups is 2. The normalized spacial score (nSPS) is 21.8. The van der Waals surface area contributed by atoms with Crippen molar-refractivity contribution in [3.05, 3.63) is 11.3 Å². The maximum atomic E-state index is 11.3. The van der Waals surface area contributed by atoms with Crippen molar-refractivity contribution in [3.63, 3.8) is 0 Å². The van der Waals surface area contributed by atoms with Crippen LogP contribution in [0.4, 0.5) is 0 Å². The standard InChI is InChI=1S/C8H9N3O2/c1-4-5-6(10-3-2-9-4)8(13)11-7(5)12/h9H,2-3H2,1H3,(H,11,12,13). The third-order valence-corrected chi connectivity index (χ3v) is 2.05. The number of fused-ring (bicyclic) bond motifs is 1. The van der Waals surface area contributed by atoms with Gasteiger partial charge in [0, 0.05) is 12.2 Å². The van der Waals surface area contributed by atoms with Crippen LogP contribution in [-0.2, 0) is 9.59 Å². The zero-order valence-corrected chi connectivity index (χ0v) is 7.18. The van der Waals surface area contributed by atoms with E-state index in [0.29, 0.717) is 18.7 Å². The highest BCUT2D eigenvalue weighted by molar-refractivity contribution is 6.59. The number of aliphatic imine (C=N–C) groups is 1. The van der Waals surface area contributed by atoms with E-state index in [-0.39, 0.29) is 17.5 Å². The Hall–Kier alpha value is -1.65. The molecule has 0 radical (unpaired) electrons. The summed E-state index contributed by atoms with van der Waals surface area (Å²) in [6.07, 6.45) is 0. The Morgan fingerprint density at radius 2 is 2.08 bits per heavy atom. The van der Waals surface area contributed by atoms with Crippen molar-refractivity contribution in [3.8, 4) is 0 Å². The highest BCUT2D eigenvalue weighted by atomic mass is 16.2. The Balaban J connectivity index is 2.55. The third-order valence-electron chi connectivity index (χ3n) is 2.05. The molecule has 5 heteroatoms. The first-order chi connectivity index (χ1) is 6.20. The molecule has 2 heterocycles. The second-order valence-electron chi connectivity index (χ2n) is 2.94. The zero-order chi connectivity index (χ0) is 9.42. The summed E-state index contributed by atoms with van der Waals surface area (Å²) in [5.74, 6) is -0.737. The van der Waals surface area contributed by atoms with Crippen LogP contribution >= 0.6 is 0 Å². The van der Waals surface area contributed by atoms with Gasteiger partial charge in [-0.15, -0.1) is 0 Å². The Kier molecular flexibility index (Phi) is 1.65. The van der Waals surface area contributed by atoms with E-state index in [4.69, 9.17) is 0 Å². The predicted molar refractivity (Wildman–Crippen MR) is 46.2 cm³/mol. The maximum Gasteiger partial charge on any atom is 0.277 e. The number of allylic oxidation sites excluding steroid dienone is 1. The molecule has 0 aromatic rings. The monoisotopic (exact) mass is 179 g/mol. The Labute approximate surface area is 74.9 Å². The van der Waals surface area contributed by atoms with Gasteiger partial charge >= 0.3 is 0 Å². The molecule has 0 spiro atoms. The van der Waals surface area contributed by atoms with Crippen molar-refractivity contribution < 1.29 is 9.59 Å². The lowest BCUT2D eigenvalue weighted by atomic mass is 10.1. The average molecular weight is 179 g/mol. The number of nitrogens with zero attached hydrogens (tertiary/aromatic N) is 1. The molecule has 2 N–H and O–H groups in total. The molecular weight excluding hydrogens is 170 g/mol. The Morgan fingerprint density at radius 1 is 1.31 bits per heavy atom. The van der Waals surface area contributed by atoms with Crippen LogP contribution in [0.2, 0.25) is 0 Å². The third kappa shape index (κ3) is 1.12. The molecule has 0 unspecified atom stereocenters. The van der Waals surface area contributed by atoms with E-state index in [0.717, 1.165) is 5.70 Å². The van der Waals surface area contributed by atoms with Crippen LogP contribution in [0.25, 0.3) is 0 Å². The fraction of sp³-hybridized carbons (Fsp3) is 0.375. The highest BCUT2D eigenvalue weighted by Crippen LogP contribution is 2.12. The van der Waals surface area contributed by atoms with Gasteiger partial charge in [0.25, 0.3) is 11.8 Å². The number of hydrogen-bond acceptors (Lipinski definition) is 4. The van der Waals surface area contributed by atoms with E-state index in [1.807, 2.05) is 0 Å².